The van der Waals surface area contributed by atoms with Crippen molar-refractivity contribution < 1.29 is 13.9 Å². The van der Waals surface area contributed by atoms with E-state index in [1.165, 1.54) is 12.1 Å². The first-order chi connectivity index (χ1) is 10.7. The van der Waals surface area contributed by atoms with Crippen molar-refractivity contribution in [2.45, 2.75) is 25.3 Å². The molecule has 0 radical (unpaired) electrons. The van der Waals surface area contributed by atoms with Crippen LogP contribution in [-0.4, -0.2) is 13.2 Å². The fourth-order valence-corrected chi connectivity index (χ4v) is 2.63. The van der Waals surface area contributed by atoms with Crippen molar-refractivity contribution in [3.8, 4) is 11.5 Å². The highest BCUT2D eigenvalue weighted by atomic mass is 19.1. The molecule has 22 heavy (non-hydrogen) atoms. The number of ether oxygens (including phenoxy) is 2. The van der Waals surface area contributed by atoms with Gasteiger partial charge in [0.2, 0.25) is 0 Å². The molecule has 1 aliphatic rings. The molecule has 0 saturated carbocycles. The number of fused-ring (bicyclic) bond motifs is 1. The van der Waals surface area contributed by atoms with Gasteiger partial charge in [-0.25, -0.2) is 4.39 Å². The van der Waals surface area contributed by atoms with Crippen LogP contribution in [0.3, 0.4) is 0 Å². The highest BCUT2D eigenvalue weighted by Crippen LogP contribution is 2.33. The average Bonchev–Trinajstić information content (AvgIpc) is 2.56. The molecule has 0 bridgehead atoms. The van der Waals surface area contributed by atoms with E-state index in [1.807, 2.05) is 30.3 Å². The second kappa shape index (κ2) is 6.79. The molecule has 0 spiro atoms. The monoisotopic (exact) mass is 301 g/mol. The van der Waals surface area contributed by atoms with Crippen molar-refractivity contribution >= 4 is 0 Å². The minimum atomic E-state index is -0.197. The molecule has 1 heterocycles. The lowest BCUT2D eigenvalue weighted by Gasteiger charge is -2.20. The van der Waals surface area contributed by atoms with E-state index in [9.17, 15) is 4.39 Å². The molecule has 0 saturated heterocycles. The number of hydrogen-bond acceptors (Lipinski definition) is 3. The van der Waals surface area contributed by atoms with Crippen molar-refractivity contribution in [2.75, 3.05) is 13.2 Å². The van der Waals surface area contributed by atoms with Crippen molar-refractivity contribution in [2.24, 2.45) is 5.73 Å². The Balaban J connectivity index is 1.55. The Kier molecular flexibility index (Phi) is 4.59. The Morgan fingerprint density at radius 1 is 1.00 bits per heavy atom. The summed E-state index contributed by atoms with van der Waals surface area (Å²) >= 11 is 0. The molecule has 1 aliphatic heterocycles. The van der Waals surface area contributed by atoms with Crippen LogP contribution in [0, 0.1) is 5.82 Å². The highest BCUT2D eigenvalue weighted by Gasteiger charge is 2.14. The molecule has 116 valence electrons. The van der Waals surface area contributed by atoms with E-state index in [4.69, 9.17) is 15.2 Å². The van der Waals surface area contributed by atoms with Gasteiger partial charge in [-0.1, -0.05) is 18.2 Å². The lowest BCUT2D eigenvalue weighted by atomic mass is 9.99. The van der Waals surface area contributed by atoms with Crippen molar-refractivity contribution in [3.05, 3.63) is 59.4 Å². The van der Waals surface area contributed by atoms with Crippen molar-refractivity contribution in [3.63, 3.8) is 0 Å². The third-order valence-corrected chi connectivity index (χ3v) is 3.89. The summed E-state index contributed by atoms with van der Waals surface area (Å²) < 4.78 is 23.9. The highest BCUT2D eigenvalue weighted by molar-refractivity contribution is 5.44. The molecule has 1 unspecified atom stereocenters. The molecule has 3 nitrogen and oxygen atoms in total. The first kappa shape index (κ1) is 14.9. The first-order valence-corrected chi connectivity index (χ1v) is 7.62. The normalized spacial score (nSPS) is 14.6. The number of benzene rings is 2. The number of nitrogens with two attached hydrogens (primary N) is 1. The smallest absolute Gasteiger partial charge is 0.161 e. The van der Waals surface area contributed by atoms with Gasteiger partial charge in [0.1, 0.15) is 19.0 Å². The van der Waals surface area contributed by atoms with Crippen LogP contribution in [0.5, 0.6) is 11.5 Å². The maximum atomic E-state index is 12.9. The summed E-state index contributed by atoms with van der Waals surface area (Å²) in [6.07, 6.45) is 2.73. The Hall–Kier alpha value is -2.07. The van der Waals surface area contributed by atoms with Gasteiger partial charge in [0, 0.05) is 6.04 Å². The van der Waals surface area contributed by atoms with Crippen LogP contribution in [-0.2, 0) is 6.42 Å². The Morgan fingerprint density at radius 2 is 1.73 bits per heavy atom. The molecule has 0 amide bonds. The summed E-state index contributed by atoms with van der Waals surface area (Å²) in [6, 6.07) is 12.5. The Labute approximate surface area is 129 Å². The van der Waals surface area contributed by atoms with E-state index in [0.29, 0.717) is 13.2 Å². The summed E-state index contributed by atoms with van der Waals surface area (Å²) in [5.74, 6) is 1.36. The van der Waals surface area contributed by atoms with Gasteiger partial charge in [0.05, 0.1) is 0 Å². The standard InChI is InChI=1S/C18H20FNO2/c19-15-7-4-13(5-8-15)2-1-3-16(20)14-6-9-17-18(12-14)22-11-10-21-17/h4-9,12,16H,1-3,10-11,20H2. The first-order valence-electron chi connectivity index (χ1n) is 7.62. The van der Waals surface area contributed by atoms with E-state index in [2.05, 4.69) is 0 Å². The number of halogens is 1. The fourth-order valence-electron chi connectivity index (χ4n) is 2.63. The van der Waals surface area contributed by atoms with E-state index in [0.717, 1.165) is 41.9 Å². The van der Waals surface area contributed by atoms with Gasteiger partial charge in [-0.05, 0) is 54.7 Å². The molecule has 2 aromatic carbocycles. The van der Waals surface area contributed by atoms with Crippen molar-refractivity contribution in [1.29, 1.82) is 0 Å². The van der Waals surface area contributed by atoms with Crippen LogP contribution in [0.15, 0.2) is 42.5 Å². The minimum absolute atomic E-state index is 0.0312. The summed E-state index contributed by atoms with van der Waals surface area (Å²) in [5.41, 5.74) is 8.45. The SMILES string of the molecule is NC(CCCc1ccc(F)cc1)c1ccc2c(c1)OCCO2. The second-order valence-corrected chi connectivity index (χ2v) is 5.53. The van der Waals surface area contributed by atoms with Gasteiger partial charge in [-0.15, -0.1) is 0 Å². The van der Waals surface area contributed by atoms with Gasteiger partial charge < -0.3 is 15.2 Å². The van der Waals surface area contributed by atoms with Gasteiger partial charge in [0.25, 0.3) is 0 Å². The quantitative estimate of drug-likeness (QED) is 0.917. The Bertz CT molecular complexity index is 627. The van der Waals surface area contributed by atoms with Gasteiger partial charge in [-0.2, -0.15) is 0 Å². The van der Waals surface area contributed by atoms with Crippen LogP contribution in [0.1, 0.15) is 30.0 Å². The zero-order valence-electron chi connectivity index (χ0n) is 12.4. The predicted octanol–water partition coefficient (Wildman–Crippen LogP) is 3.62. The van der Waals surface area contributed by atoms with Gasteiger partial charge in [-0.3, -0.25) is 0 Å². The summed E-state index contributed by atoms with van der Waals surface area (Å²) in [6.45, 7) is 1.17. The van der Waals surface area contributed by atoms with E-state index in [1.54, 1.807) is 0 Å². The largest absolute Gasteiger partial charge is 0.486 e. The molecule has 1 atom stereocenters. The van der Waals surface area contributed by atoms with Crippen LogP contribution in [0.4, 0.5) is 4.39 Å². The molecule has 0 aromatic heterocycles. The topological polar surface area (TPSA) is 44.5 Å². The average molecular weight is 301 g/mol. The molecular formula is C18H20FNO2. The molecule has 2 aromatic rings. The van der Waals surface area contributed by atoms with E-state index < -0.39 is 0 Å². The van der Waals surface area contributed by atoms with E-state index in [-0.39, 0.29) is 11.9 Å². The maximum absolute atomic E-state index is 12.9. The summed E-state index contributed by atoms with van der Waals surface area (Å²) in [7, 11) is 0. The molecule has 0 aliphatic carbocycles. The molecule has 4 heteroatoms. The second-order valence-electron chi connectivity index (χ2n) is 5.53. The third kappa shape index (κ3) is 3.57. The maximum Gasteiger partial charge on any atom is 0.161 e. The third-order valence-electron chi connectivity index (χ3n) is 3.89. The van der Waals surface area contributed by atoms with Gasteiger partial charge >= 0.3 is 0 Å². The van der Waals surface area contributed by atoms with Crippen LogP contribution in [0.2, 0.25) is 0 Å². The molecule has 2 N–H and O–H groups in total. The van der Waals surface area contributed by atoms with Crippen LogP contribution in [0.25, 0.3) is 0 Å². The Morgan fingerprint density at radius 3 is 2.50 bits per heavy atom. The minimum Gasteiger partial charge on any atom is -0.486 e. The molecular weight excluding hydrogens is 281 g/mol. The fraction of sp³-hybridized carbons (Fsp3) is 0.333. The molecule has 3 rings (SSSR count). The lowest BCUT2D eigenvalue weighted by molar-refractivity contribution is 0.171. The van der Waals surface area contributed by atoms with Crippen LogP contribution >= 0.6 is 0 Å². The number of hydrogen-bond donors (Lipinski definition) is 1. The van der Waals surface area contributed by atoms with Crippen LogP contribution < -0.4 is 15.2 Å². The summed E-state index contributed by atoms with van der Waals surface area (Å²) in [4.78, 5) is 0. The number of aryl methyl sites for hydroxylation is 1. The zero-order chi connectivity index (χ0) is 15.4. The van der Waals surface area contributed by atoms with E-state index >= 15 is 0 Å². The predicted molar refractivity (Wildman–Crippen MR) is 83.7 cm³/mol. The van der Waals surface area contributed by atoms with Crippen molar-refractivity contribution in [1.82, 2.24) is 0 Å². The number of rotatable bonds is 5. The lowest BCUT2D eigenvalue weighted by Crippen LogP contribution is -2.16. The van der Waals surface area contributed by atoms with Gasteiger partial charge in [0.15, 0.2) is 11.5 Å². The summed E-state index contributed by atoms with van der Waals surface area (Å²) in [5, 5.41) is 0. The zero-order valence-corrected chi connectivity index (χ0v) is 12.4. The molecule has 0 fully saturated rings.